The number of carbonyl (C=O) groups excluding carboxylic acids is 1. The van der Waals surface area contributed by atoms with E-state index in [1.165, 1.54) is 25.7 Å². The maximum atomic E-state index is 12.4. The summed E-state index contributed by atoms with van der Waals surface area (Å²) >= 11 is 0. The molecule has 4 heteroatoms. The van der Waals surface area contributed by atoms with E-state index in [-0.39, 0.29) is 6.03 Å². The van der Waals surface area contributed by atoms with E-state index in [0.717, 1.165) is 32.6 Å². The first-order valence-electron chi connectivity index (χ1n) is 6.89. The van der Waals surface area contributed by atoms with Gasteiger partial charge in [-0.3, -0.25) is 0 Å². The van der Waals surface area contributed by atoms with Crippen LogP contribution in [0.1, 0.15) is 32.1 Å². The molecule has 0 aromatic carbocycles. The number of hydrogen-bond donors (Lipinski definition) is 0. The van der Waals surface area contributed by atoms with Crippen molar-refractivity contribution in [1.29, 1.82) is 0 Å². The Morgan fingerprint density at radius 3 is 2.18 bits per heavy atom. The van der Waals surface area contributed by atoms with Crippen LogP contribution in [-0.2, 0) is 0 Å². The highest BCUT2D eigenvalue weighted by atomic mass is 16.2. The van der Waals surface area contributed by atoms with Gasteiger partial charge < -0.3 is 14.7 Å². The number of likely N-dealkylation sites (tertiary alicyclic amines) is 2. The van der Waals surface area contributed by atoms with Gasteiger partial charge in [0.05, 0.1) is 0 Å². The topological polar surface area (TPSA) is 26.8 Å². The monoisotopic (exact) mass is 239 g/mol. The van der Waals surface area contributed by atoms with Crippen molar-refractivity contribution in [1.82, 2.24) is 14.7 Å². The van der Waals surface area contributed by atoms with E-state index >= 15 is 0 Å². The van der Waals surface area contributed by atoms with E-state index in [4.69, 9.17) is 0 Å². The second-order valence-electron chi connectivity index (χ2n) is 5.54. The van der Waals surface area contributed by atoms with Crippen molar-refractivity contribution in [2.75, 3.05) is 40.3 Å². The van der Waals surface area contributed by atoms with E-state index in [9.17, 15) is 4.79 Å². The Hall–Kier alpha value is -0.770. The molecule has 0 aliphatic carbocycles. The zero-order valence-electron chi connectivity index (χ0n) is 11.2. The number of nitrogens with zero attached hydrogens (tertiary/aromatic N) is 3. The van der Waals surface area contributed by atoms with Crippen LogP contribution < -0.4 is 0 Å². The number of carbonyl (C=O) groups is 1. The van der Waals surface area contributed by atoms with Crippen molar-refractivity contribution in [2.45, 2.75) is 38.1 Å². The SMILES string of the molecule is CN(C)[C@H]1CCN(C(=O)N2CCCCCC2)C1. The van der Waals surface area contributed by atoms with Gasteiger partial charge in [0.25, 0.3) is 0 Å². The Balaban J connectivity index is 1.87. The molecule has 0 N–H and O–H groups in total. The molecule has 0 bridgehead atoms. The fourth-order valence-corrected chi connectivity index (χ4v) is 2.80. The first-order chi connectivity index (χ1) is 8.18. The van der Waals surface area contributed by atoms with Crippen molar-refractivity contribution in [3.8, 4) is 0 Å². The quantitative estimate of drug-likeness (QED) is 0.695. The first kappa shape index (κ1) is 12.7. The van der Waals surface area contributed by atoms with Crippen LogP contribution >= 0.6 is 0 Å². The van der Waals surface area contributed by atoms with Gasteiger partial charge >= 0.3 is 6.03 Å². The Morgan fingerprint density at radius 2 is 1.65 bits per heavy atom. The molecule has 2 aliphatic rings. The number of hydrogen-bond acceptors (Lipinski definition) is 2. The largest absolute Gasteiger partial charge is 0.325 e. The summed E-state index contributed by atoms with van der Waals surface area (Å²) in [5.41, 5.74) is 0. The Morgan fingerprint density at radius 1 is 1.00 bits per heavy atom. The van der Waals surface area contributed by atoms with Gasteiger partial charge in [0, 0.05) is 32.2 Å². The normalized spacial score (nSPS) is 26.4. The Kier molecular flexibility index (Phi) is 4.26. The molecule has 0 aromatic heterocycles. The molecule has 0 aromatic rings. The fourth-order valence-electron chi connectivity index (χ4n) is 2.80. The van der Waals surface area contributed by atoms with Crippen LogP contribution in [0.25, 0.3) is 0 Å². The molecular weight excluding hydrogens is 214 g/mol. The molecule has 0 unspecified atom stereocenters. The van der Waals surface area contributed by atoms with Crippen LogP contribution in [0.15, 0.2) is 0 Å². The number of likely N-dealkylation sites (N-methyl/N-ethyl adjacent to an activating group) is 1. The van der Waals surface area contributed by atoms with Gasteiger partial charge in [-0.2, -0.15) is 0 Å². The highest BCUT2D eigenvalue weighted by Crippen LogP contribution is 2.17. The molecule has 2 amide bonds. The molecular formula is C13H25N3O. The lowest BCUT2D eigenvalue weighted by Gasteiger charge is -2.27. The van der Waals surface area contributed by atoms with Gasteiger partial charge in [0.1, 0.15) is 0 Å². The minimum atomic E-state index is 0.274. The highest BCUT2D eigenvalue weighted by molar-refractivity contribution is 5.74. The van der Waals surface area contributed by atoms with Crippen molar-refractivity contribution in [3.63, 3.8) is 0 Å². The molecule has 17 heavy (non-hydrogen) atoms. The molecule has 2 aliphatic heterocycles. The third-order valence-electron chi connectivity index (χ3n) is 4.04. The maximum absolute atomic E-state index is 12.4. The average molecular weight is 239 g/mol. The van der Waals surface area contributed by atoms with E-state index < -0.39 is 0 Å². The molecule has 4 nitrogen and oxygen atoms in total. The van der Waals surface area contributed by atoms with E-state index in [0.29, 0.717) is 6.04 Å². The second-order valence-corrected chi connectivity index (χ2v) is 5.54. The van der Waals surface area contributed by atoms with Crippen LogP contribution in [0.5, 0.6) is 0 Å². The summed E-state index contributed by atoms with van der Waals surface area (Å²) in [5, 5.41) is 0. The zero-order chi connectivity index (χ0) is 12.3. The van der Waals surface area contributed by atoms with E-state index in [1.54, 1.807) is 0 Å². The molecule has 2 fully saturated rings. The van der Waals surface area contributed by atoms with Gasteiger partial charge in [0.2, 0.25) is 0 Å². The maximum Gasteiger partial charge on any atom is 0.320 e. The average Bonchev–Trinajstić information content (AvgIpc) is 2.65. The van der Waals surface area contributed by atoms with Crippen LogP contribution in [-0.4, -0.2) is 67.0 Å². The molecule has 1 atom stereocenters. The molecule has 2 rings (SSSR count). The van der Waals surface area contributed by atoms with Crippen LogP contribution in [0.2, 0.25) is 0 Å². The summed E-state index contributed by atoms with van der Waals surface area (Å²) in [5.74, 6) is 0. The number of rotatable bonds is 1. The Bertz CT molecular complexity index is 259. The number of urea groups is 1. The van der Waals surface area contributed by atoms with Crippen molar-refractivity contribution in [2.24, 2.45) is 0 Å². The van der Waals surface area contributed by atoms with Crippen molar-refractivity contribution < 1.29 is 4.79 Å². The lowest BCUT2D eigenvalue weighted by Crippen LogP contribution is -2.43. The van der Waals surface area contributed by atoms with Crippen LogP contribution in [0, 0.1) is 0 Å². The molecule has 2 heterocycles. The third-order valence-corrected chi connectivity index (χ3v) is 4.04. The smallest absolute Gasteiger partial charge is 0.320 e. The van der Waals surface area contributed by atoms with Gasteiger partial charge in [-0.1, -0.05) is 12.8 Å². The lowest BCUT2D eigenvalue weighted by atomic mass is 10.2. The molecule has 0 spiro atoms. The molecule has 2 saturated heterocycles. The van der Waals surface area contributed by atoms with E-state index in [1.807, 2.05) is 4.90 Å². The standard InChI is InChI=1S/C13H25N3O/c1-14(2)12-7-10-16(11-12)13(17)15-8-5-3-4-6-9-15/h12H,3-11H2,1-2H3/t12-/m0/s1. The predicted molar refractivity (Wildman–Crippen MR) is 69.1 cm³/mol. The van der Waals surface area contributed by atoms with Crippen molar-refractivity contribution in [3.05, 3.63) is 0 Å². The molecule has 98 valence electrons. The predicted octanol–water partition coefficient (Wildman–Crippen LogP) is 1.62. The fraction of sp³-hybridized carbons (Fsp3) is 0.923. The lowest BCUT2D eigenvalue weighted by molar-refractivity contribution is 0.160. The van der Waals surface area contributed by atoms with Gasteiger partial charge in [0.15, 0.2) is 0 Å². The minimum absolute atomic E-state index is 0.274. The highest BCUT2D eigenvalue weighted by Gasteiger charge is 2.30. The summed E-state index contributed by atoms with van der Waals surface area (Å²) in [4.78, 5) is 18.7. The van der Waals surface area contributed by atoms with E-state index in [2.05, 4.69) is 23.9 Å². The summed E-state index contributed by atoms with van der Waals surface area (Å²) in [6.07, 6.45) is 6.04. The summed E-state index contributed by atoms with van der Waals surface area (Å²) < 4.78 is 0. The number of amides is 2. The van der Waals surface area contributed by atoms with Crippen molar-refractivity contribution >= 4 is 6.03 Å². The van der Waals surface area contributed by atoms with Crippen LogP contribution in [0.4, 0.5) is 4.79 Å². The van der Waals surface area contributed by atoms with Crippen LogP contribution in [0.3, 0.4) is 0 Å². The Labute approximate surface area is 105 Å². The minimum Gasteiger partial charge on any atom is -0.325 e. The molecule has 0 saturated carbocycles. The van der Waals surface area contributed by atoms with Gasteiger partial charge in [-0.25, -0.2) is 4.79 Å². The van der Waals surface area contributed by atoms with Gasteiger partial charge in [-0.15, -0.1) is 0 Å². The zero-order valence-corrected chi connectivity index (χ0v) is 11.2. The summed E-state index contributed by atoms with van der Waals surface area (Å²) in [6, 6.07) is 0.821. The second kappa shape index (κ2) is 5.71. The first-order valence-corrected chi connectivity index (χ1v) is 6.89. The summed E-state index contributed by atoms with van der Waals surface area (Å²) in [6.45, 7) is 3.75. The third kappa shape index (κ3) is 3.12. The molecule has 0 radical (unpaired) electrons. The summed E-state index contributed by atoms with van der Waals surface area (Å²) in [7, 11) is 4.20. The van der Waals surface area contributed by atoms with Gasteiger partial charge in [-0.05, 0) is 33.4 Å².